The predicted octanol–water partition coefficient (Wildman–Crippen LogP) is 5.34. The van der Waals surface area contributed by atoms with Crippen molar-refractivity contribution >= 4 is 34.2 Å². The van der Waals surface area contributed by atoms with Crippen LogP contribution in [0.25, 0.3) is 11.0 Å². The molecule has 0 aliphatic carbocycles. The van der Waals surface area contributed by atoms with Crippen LogP contribution in [0.5, 0.6) is 0 Å². The van der Waals surface area contributed by atoms with Crippen molar-refractivity contribution in [2.45, 2.75) is 19.6 Å². The number of likely N-dealkylation sites (N-methyl/N-ethyl adjacent to an activating group) is 1. The number of H-pyrrole nitrogens is 1. The molecule has 0 unspecified atom stereocenters. The summed E-state index contributed by atoms with van der Waals surface area (Å²) in [5.74, 6) is 5.37. The highest BCUT2D eigenvalue weighted by Gasteiger charge is 2.34. The van der Waals surface area contributed by atoms with Crippen LogP contribution in [-0.2, 0) is 12.7 Å². The van der Waals surface area contributed by atoms with Gasteiger partial charge in [0.25, 0.3) is 5.91 Å². The van der Waals surface area contributed by atoms with Gasteiger partial charge in [0.2, 0.25) is 0 Å². The first-order valence-electron chi connectivity index (χ1n) is 12.6. The van der Waals surface area contributed by atoms with Gasteiger partial charge in [-0.1, -0.05) is 29.5 Å². The first kappa shape index (κ1) is 27.6. The van der Waals surface area contributed by atoms with Gasteiger partial charge < -0.3 is 10.2 Å². The zero-order valence-electron chi connectivity index (χ0n) is 21.9. The van der Waals surface area contributed by atoms with Crippen molar-refractivity contribution in [3.05, 3.63) is 87.2 Å². The monoisotopic (exact) mass is 566 g/mol. The lowest BCUT2D eigenvalue weighted by molar-refractivity contribution is -0.138. The minimum absolute atomic E-state index is 0.0527. The first-order chi connectivity index (χ1) is 19.1. The van der Waals surface area contributed by atoms with Gasteiger partial charge in [-0.2, -0.15) is 18.3 Å². The molecular formula is C29H26ClF3N6O. The molecule has 2 aromatic heterocycles. The SMILES string of the molecule is Cc1n[nH]c2ncc(C#Cc3cc(C(=O)Nc4ccc(CN5CCN(C)CC5)c(C(F)(F)F)c4)ccc3Cl)cc12. The number of hydrogen-bond acceptors (Lipinski definition) is 5. The van der Waals surface area contributed by atoms with Crippen molar-refractivity contribution in [3.63, 3.8) is 0 Å². The predicted molar refractivity (Wildman–Crippen MR) is 148 cm³/mol. The fourth-order valence-electron chi connectivity index (χ4n) is 4.50. The fourth-order valence-corrected chi connectivity index (χ4v) is 4.67. The molecule has 206 valence electrons. The number of carbonyl (C=O) groups excluding carboxylic acids is 1. The van der Waals surface area contributed by atoms with Crippen molar-refractivity contribution in [1.29, 1.82) is 0 Å². The molecule has 2 aromatic carbocycles. The number of nitrogens with zero attached hydrogens (tertiary/aromatic N) is 4. The Morgan fingerprint density at radius 1 is 1.10 bits per heavy atom. The van der Waals surface area contributed by atoms with Crippen LogP contribution in [0.15, 0.2) is 48.7 Å². The lowest BCUT2D eigenvalue weighted by atomic mass is 10.0. The summed E-state index contributed by atoms with van der Waals surface area (Å²) in [4.78, 5) is 21.4. The van der Waals surface area contributed by atoms with Crippen LogP contribution in [0.4, 0.5) is 18.9 Å². The van der Waals surface area contributed by atoms with Crippen LogP contribution >= 0.6 is 11.6 Å². The number of piperazine rings is 1. The Labute approximate surface area is 234 Å². The standard InChI is InChI=1S/C29H26ClF3N6O/c1-18-24-13-19(16-34-27(24)37-36-18)3-4-20-14-21(6-8-26(20)30)28(40)35-23-7-5-22(25(15-23)29(31,32)33)17-39-11-9-38(2)10-12-39/h5-8,13-16H,9-12,17H2,1-2H3,(H,35,40)(H,34,36,37). The number of hydrogen-bond donors (Lipinski definition) is 2. The number of pyridine rings is 1. The fraction of sp³-hybridized carbons (Fsp3) is 0.276. The van der Waals surface area contributed by atoms with Gasteiger partial charge >= 0.3 is 6.18 Å². The van der Waals surface area contributed by atoms with E-state index in [1.54, 1.807) is 6.20 Å². The number of aryl methyl sites for hydroxylation is 1. The molecule has 0 radical (unpaired) electrons. The Bertz CT molecular complexity index is 1630. The first-order valence-corrected chi connectivity index (χ1v) is 13.0. The number of alkyl halides is 3. The summed E-state index contributed by atoms with van der Waals surface area (Å²) in [6.07, 6.45) is -2.96. The Kier molecular flexibility index (Phi) is 7.81. The number of halogens is 4. The van der Waals surface area contributed by atoms with Crippen LogP contribution < -0.4 is 5.32 Å². The van der Waals surface area contributed by atoms with Crippen LogP contribution in [0.1, 0.15) is 38.3 Å². The van der Waals surface area contributed by atoms with Crippen molar-refractivity contribution in [3.8, 4) is 11.8 Å². The number of nitrogens with one attached hydrogen (secondary N) is 2. The molecule has 3 heterocycles. The summed E-state index contributed by atoms with van der Waals surface area (Å²) in [5.41, 5.74) is 2.17. The zero-order chi connectivity index (χ0) is 28.4. The third-order valence-corrected chi connectivity index (χ3v) is 7.17. The number of benzene rings is 2. The molecule has 2 N–H and O–H groups in total. The molecule has 5 rings (SSSR count). The molecule has 0 bridgehead atoms. The molecular weight excluding hydrogens is 541 g/mol. The van der Waals surface area contributed by atoms with Crippen molar-refractivity contribution in [1.82, 2.24) is 25.0 Å². The second kappa shape index (κ2) is 11.3. The van der Waals surface area contributed by atoms with E-state index in [-0.39, 0.29) is 23.4 Å². The number of aromatic nitrogens is 3. The van der Waals surface area contributed by atoms with E-state index in [9.17, 15) is 18.0 Å². The van der Waals surface area contributed by atoms with E-state index in [1.807, 2.05) is 24.9 Å². The largest absolute Gasteiger partial charge is 0.416 e. The average molecular weight is 567 g/mol. The maximum Gasteiger partial charge on any atom is 0.416 e. The van der Waals surface area contributed by atoms with E-state index in [0.717, 1.165) is 30.2 Å². The number of carbonyl (C=O) groups is 1. The number of amides is 1. The van der Waals surface area contributed by atoms with Gasteiger partial charge in [-0.25, -0.2) is 4.98 Å². The highest BCUT2D eigenvalue weighted by Crippen LogP contribution is 2.35. The van der Waals surface area contributed by atoms with Gasteiger partial charge in [0, 0.05) is 66.7 Å². The molecule has 1 aliphatic heterocycles. The van der Waals surface area contributed by atoms with Crippen molar-refractivity contribution in [2.75, 3.05) is 38.5 Å². The summed E-state index contributed by atoms with van der Waals surface area (Å²) in [6, 6.07) is 10.3. The molecule has 1 aliphatic rings. The minimum atomic E-state index is -4.56. The number of rotatable bonds is 4. The van der Waals surface area contributed by atoms with E-state index in [2.05, 4.69) is 37.2 Å². The Balaban J connectivity index is 1.34. The van der Waals surface area contributed by atoms with E-state index >= 15 is 0 Å². The van der Waals surface area contributed by atoms with Crippen molar-refractivity contribution < 1.29 is 18.0 Å². The molecule has 1 amide bonds. The lowest BCUT2D eigenvalue weighted by Gasteiger charge is -2.33. The summed E-state index contributed by atoms with van der Waals surface area (Å²) in [5, 5.41) is 10.7. The Hall–Kier alpha value is -3.91. The molecule has 11 heteroatoms. The van der Waals surface area contributed by atoms with Gasteiger partial charge in [0.1, 0.15) is 0 Å². The van der Waals surface area contributed by atoms with Crippen LogP contribution in [0.2, 0.25) is 5.02 Å². The smallest absolute Gasteiger partial charge is 0.322 e. The lowest BCUT2D eigenvalue weighted by Crippen LogP contribution is -2.44. The summed E-state index contributed by atoms with van der Waals surface area (Å²) in [6.45, 7) is 5.05. The topological polar surface area (TPSA) is 77.1 Å². The van der Waals surface area contributed by atoms with E-state index in [0.29, 0.717) is 34.9 Å². The molecule has 1 fully saturated rings. The summed E-state index contributed by atoms with van der Waals surface area (Å²) in [7, 11) is 1.99. The molecule has 7 nitrogen and oxygen atoms in total. The van der Waals surface area contributed by atoms with Gasteiger partial charge in [0.05, 0.1) is 16.3 Å². The van der Waals surface area contributed by atoms with Gasteiger partial charge in [-0.3, -0.25) is 14.8 Å². The van der Waals surface area contributed by atoms with E-state index in [1.165, 1.54) is 30.3 Å². The maximum atomic E-state index is 13.9. The summed E-state index contributed by atoms with van der Waals surface area (Å²) >= 11 is 6.31. The van der Waals surface area contributed by atoms with E-state index < -0.39 is 17.6 Å². The van der Waals surface area contributed by atoms with Crippen LogP contribution in [0, 0.1) is 18.8 Å². The van der Waals surface area contributed by atoms with E-state index in [4.69, 9.17) is 11.6 Å². The van der Waals surface area contributed by atoms with Crippen LogP contribution in [0.3, 0.4) is 0 Å². The average Bonchev–Trinajstić information content (AvgIpc) is 3.29. The number of aromatic amines is 1. The van der Waals surface area contributed by atoms with Crippen LogP contribution in [-0.4, -0.2) is 64.1 Å². The second-order valence-corrected chi connectivity index (χ2v) is 10.2. The minimum Gasteiger partial charge on any atom is -0.322 e. The highest BCUT2D eigenvalue weighted by molar-refractivity contribution is 6.32. The number of anilines is 1. The van der Waals surface area contributed by atoms with Gasteiger partial charge in [0.15, 0.2) is 5.65 Å². The molecule has 40 heavy (non-hydrogen) atoms. The highest BCUT2D eigenvalue weighted by atomic mass is 35.5. The molecule has 0 atom stereocenters. The number of fused-ring (bicyclic) bond motifs is 1. The van der Waals surface area contributed by atoms with Gasteiger partial charge in [-0.05, 0) is 55.9 Å². The van der Waals surface area contributed by atoms with Crippen molar-refractivity contribution in [2.24, 2.45) is 0 Å². The maximum absolute atomic E-state index is 13.9. The normalized spacial score (nSPS) is 14.7. The zero-order valence-corrected chi connectivity index (χ0v) is 22.6. The second-order valence-electron chi connectivity index (χ2n) is 9.78. The molecule has 4 aromatic rings. The Morgan fingerprint density at radius 3 is 2.62 bits per heavy atom. The molecule has 0 saturated carbocycles. The Morgan fingerprint density at radius 2 is 1.88 bits per heavy atom. The third-order valence-electron chi connectivity index (χ3n) is 6.84. The molecule has 1 saturated heterocycles. The summed E-state index contributed by atoms with van der Waals surface area (Å²) < 4.78 is 41.8. The van der Waals surface area contributed by atoms with Gasteiger partial charge in [-0.15, -0.1) is 0 Å². The molecule has 0 spiro atoms. The third kappa shape index (κ3) is 6.28. The quantitative estimate of drug-likeness (QED) is 0.326.